The van der Waals surface area contributed by atoms with Crippen LogP contribution in [0.2, 0.25) is 0 Å². The second-order valence-electron chi connectivity index (χ2n) is 6.08. The van der Waals surface area contributed by atoms with E-state index in [4.69, 9.17) is 4.74 Å². The average molecular weight is 325 g/mol. The van der Waals surface area contributed by atoms with E-state index in [9.17, 15) is 4.79 Å². The zero-order valence-corrected chi connectivity index (χ0v) is 14.8. The van der Waals surface area contributed by atoms with Gasteiger partial charge in [-0.2, -0.15) is 0 Å². The Hall–Kier alpha value is -2.29. The Kier molecular flexibility index (Phi) is 6.86. The summed E-state index contributed by atoms with van der Waals surface area (Å²) >= 11 is 0. The van der Waals surface area contributed by atoms with Gasteiger partial charge in [-0.25, -0.2) is 0 Å². The maximum absolute atomic E-state index is 12.6. The molecule has 0 radical (unpaired) electrons. The van der Waals surface area contributed by atoms with Crippen LogP contribution in [0.3, 0.4) is 0 Å². The molecule has 2 rings (SSSR count). The maximum Gasteiger partial charge on any atom is 0.255 e. The number of amides is 1. The molecule has 2 aromatic carbocycles. The minimum Gasteiger partial charge on any atom is -0.494 e. The van der Waals surface area contributed by atoms with Crippen molar-refractivity contribution >= 4 is 11.6 Å². The Labute approximate surface area is 145 Å². The molecule has 0 saturated heterocycles. The predicted molar refractivity (Wildman–Crippen MR) is 99.9 cm³/mol. The summed E-state index contributed by atoms with van der Waals surface area (Å²) in [7, 11) is 0. The second kappa shape index (κ2) is 9.11. The first-order valence-electron chi connectivity index (χ1n) is 8.78. The summed E-state index contributed by atoms with van der Waals surface area (Å²) in [4.78, 5) is 12.6. The van der Waals surface area contributed by atoms with Crippen molar-refractivity contribution in [1.29, 1.82) is 0 Å². The van der Waals surface area contributed by atoms with Gasteiger partial charge in [-0.1, -0.05) is 51.5 Å². The molecule has 0 aromatic heterocycles. The van der Waals surface area contributed by atoms with Gasteiger partial charge in [0.1, 0.15) is 5.75 Å². The molecule has 0 saturated carbocycles. The van der Waals surface area contributed by atoms with Crippen molar-refractivity contribution in [2.75, 3.05) is 11.9 Å². The van der Waals surface area contributed by atoms with E-state index in [1.54, 1.807) is 6.07 Å². The van der Waals surface area contributed by atoms with Crippen LogP contribution in [0.4, 0.5) is 5.69 Å². The molecule has 0 aliphatic rings. The lowest BCUT2D eigenvalue weighted by atomic mass is 9.97. The smallest absolute Gasteiger partial charge is 0.255 e. The largest absolute Gasteiger partial charge is 0.494 e. The van der Waals surface area contributed by atoms with E-state index in [0.29, 0.717) is 18.1 Å². The van der Waals surface area contributed by atoms with Crippen molar-refractivity contribution in [3.05, 3.63) is 59.7 Å². The minimum atomic E-state index is -0.105. The van der Waals surface area contributed by atoms with E-state index in [1.165, 1.54) is 5.56 Å². The molecule has 0 aliphatic heterocycles. The lowest BCUT2D eigenvalue weighted by Gasteiger charge is -2.16. The van der Waals surface area contributed by atoms with E-state index in [-0.39, 0.29) is 5.91 Å². The van der Waals surface area contributed by atoms with Crippen LogP contribution in [0, 0.1) is 0 Å². The molecule has 0 bridgehead atoms. The summed E-state index contributed by atoms with van der Waals surface area (Å²) in [5.74, 6) is 1.04. The maximum atomic E-state index is 12.6. The van der Waals surface area contributed by atoms with Crippen LogP contribution in [0.5, 0.6) is 5.75 Å². The Morgan fingerprint density at radius 1 is 1.12 bits per heavy atom. The molecule has 3 heteroatoms. The highest BCUT2D eigenvalue weighted by Crippen LogP contribution is 2.27. The van der Waals surface area contributed by atoms with Crippen LogP contribution in [0.1, 0.15) is 61.9 Å². The van der Waals surface area contributed by atoms with Gasteiger partial charge in [0.15, 0.2) is 0 Å². The Morgan fingerprint density at radius 2 is 1.92 bits per heavy atom. The van der Waals surface area contributed by atoms with Gasteiger partial charge in [-0.15, -0.1) is 0 Å². The number of rotatable bonds is 8. The number of benzene rings is 2. The highest BCUT2D eigenvalue weighted by molar-refractivity contribution is 6.04. The first kappa shape index (κ1) is 18.1. The topological polar surface area (TPSA) is 38.3 Å². The SMILES string of the molecule is CCCCOc1cccc(C(=O)Nc2ccccc2C(C)CC)c1. The molecule has 0 fully saturated rings. The van der Waals surface area contributed by atoms with Crippen molar-refractivity contribution in [1.82, 2.24) is 0 Å². The molecule has 1 unspecified atom stereocenters. The third-order valence-corrected chi connectivity index (χ3v) is 4.22. The molecule has 2 aromatic rings. The van der Waals surface area contributed by atoms with E-state index in [2.05, 4.69) is 32.2 Å². The molecule has 1 atom stereocenters. The zero-order chi connectivity index (χ0) is 17.4. The molecule has 1 amide bonds. The molecule has 128 valence electrons. The molecular weight excluding hydrogens is 298 g/mol. The molecule has 3 nitrogen and oxygen atoms in total. The van der Waals surface area contributed by atoms with Crippen molar-refractivity contribution in [2.45, 2.75) is 46.0 Å². The van der Waals surface area contributed by atoms with Crippen LogP contribution in [-0.4, -0.2) is 12.5 Å². The van der Waals surface area contributed by atoms with Crippen molar-refractivity contribution in [2.24, 2.45) is 0 Å². The van der Waals surface area contributed by atoms with Crippen molar-refractivity contribution < 1.29 is 9.53 Å². The number of nitrogens with one attached hydrogen (secondary N) is 1. The fourth-order valence-corrected chi connectivity index (χ4v) is 2.52. The van der Waals surface area contributed by atoms with Crippen LogP contribution in [0.15, 0.2) is 48.5 Å². The summed E-state index contributed by atoms with van der Waals surface area (Å²) in [6.07, 6.45) is 3.14. The molecule has 24 heavy (non-hydrogen) atoms. The Balaban J connectivity index is 2.11. The number of unbranched alkanes of at least 4 members (excludes halogenated alkanes) is 1. The van der Waals surface area contributed by atoms with Crippen LogP contribution >= 0.6 is 0 Å². The lowest BCUT2D eigenvalue weighted by Crippen LogP contribution is -2.14. The average Bonchev–Trinajstić information content (AvgIpc) is 2.62. The molecule has 0 aliphatic carbocycles. The van der Waals surface area contributed by atoms with Gasteiger partial charge >= 0.3 is 0 Å². The second-order valence-corrected chi connectivity index (χ2v) is 6.08. The fourth-order valence-electron chi connectivity index (χ4n) is 2.52. The quantitative estimate of drug-likeness (QED) is 0.639. The summed E-state index contributed by atoms with van der Waals surface area (Å²) in [6.45, 7) is 7.13. The minimum absolute atomic E-state index is 0.105. The van der Waals surface area contributed by atoms with Gasteiger partial charge in [0.25, 0.3) is 5.91 Å². The van der Waals surface area contributed by atoms with Crippen LogP contribution in [0.25, 0.3) is 0 Å². The highest BCUT2D eigenvalue weighted by atomic mass is 16.5. The molecule has 0 spiro atoms. The van der Waals surface area contributed by atoms with Crippen molar-refractivity contribution in [3.63, 3.8) is 0 Å². The third-order valence-electron chi connectivity index (χ3n) is 4.22. The van der Waals surface area contributed by atoms with Gasteiger partial charge in [-0.05, 0) is 48.6 Å². The number of para-hydroxylation sites is 1. The number of hydrogen-bond acceptors (Lipinski definition) is 2. The van der Waals surface area contributed by atoms with E-state index in [1.807, 2.05) is 36.4 Å². The molecular formula is C21H27NO2. The first-order valence-corrected chi connectivity index (χ1v) is 8.78. The number of carbonyl (C=O) groups excluding carboxylic acids is 1. The van der Waals surface area contributed by atoms with E-state index < -0.39 is 0 Å². The zero-order valence-electron chi connectivity index (χ0n) is 14.8. The Bertz CT molecular complexity index is 666. The van der Waals surface area contributed by atoms with Crippen LogP contribution in [-0.2, 0) is 0 Å². The normalized spacial score (nSPS) is 11.8. The summed E-state index contributed by atoms with van der Waals surface area (Å²) in [5, 5.41) is 3.04. The monoisotopic (exact) mass is 325 g/mol. The predicted octanol–water partition coefficient (Wildman–Crippen LogP) is 5.63. The standard InChI is InChI=1S/C21H27NO2/c1-4-6-14-24-18-11-9-10-17(15-18)21(23)22-20-13-8-7-12-19(20)16(3)5-2/h7-13,15-16H,4-6,14H2,1-3H3,(H,22,23). The lowest BCUT2D eigenvalue weighted by molar-refractivity contribution is 0.102. The molecule has 0 heterocycles. The van der Waals surface area contributed by atoms with Gasteiger partial charge in [-0.3, -0.25) is 4.79 Å². The van der Waals surface area contributed by atoms with E-state index in [0.717, 1.165) is 30.7 Å². The van der Waals surface area contributed by atoms with Gasteiger partial charge < -0.3 is 10.1 Å². The van der Waals surface area contributed by atoms with Gasteiger partial charge in [0.2, 0.25) is 0 Å². The van der Waals surface area contributed by atoms with E-state index >= 15 is 0 Å². The summed E-state index contributed by atoms with van der Waals surface area (Å²) in [5.41, 5.74) is 2.67. The highest BCUT2D eigenvalue weighted by Gasteiger charge is 2.12. The molecule has 1 N–H and O–H groups in total. The number of anilines is 1. The van der Waals surface area contributed by atoms with Gasteiger partial charge in [0.05, 0.1) is 6.61 Å². The Morgan fingerprint density at radius 3 is 2.67 bits per heavy atom. The number of hydrogen-bond donors (Lipinski definition) is 1. The number of carbonyl (C=O) groups is 1. The number of ether oxygens (including phenoxy) is 1. The first-order chi connectivity index (χ1) is 11.7. The third kappa shape index (κ3) is 4.85. The van der Waals surface area contributed by atoms with Crippen molar-refractivity contribution in [3.8, 4) is 5.75 Å². The van der Waals surface area contributed by atoms with Crippen LogP contribution < -0.4 is 10.1 Å². The van der Waals surface area contributed by atoms with Gasteiger partial charge in [0, 0.05) is 11.3 Å². The summed E-state index contributed by atoms with van der Waals surface area (Å²) < 4.78 is 5.69. The fraction of sp³-hybridized carbons (Fsp3) is 0.381. The summed E-state index contributed by atoms with van der Waals surface area (Å²) in [6, 6.07) is 15.4.